The normalized spacial score (nSPS) is 10.5. The molecule has 0 radical (unpaired) electrons. The highest BCUT2D eigenvalue weighted by Crippen LogP contribution is 2.21. The van der Waals surface area contributed by atoms with E-state index in [1.165, 1.54) is 0 Å². The average Bonchev–Trinajstić information content (AvgIpc) is 2.54. The molecule has 0 aliphatic rings. The molecule has 7 heteroatoms. The largest absolute Gasteiger partial charge is 0.394 e. The van der Waals surface area contributed by atoms with Gasteiger partial charge in [-0.1, -0.05) is 6.92 Å². The minimum atomic E-state index is -0.474. The van der Waals surface area contributed by atoms with Crippen LogP contribution in [0.4, 0.5) is 11.5 Å². The first-order valence-electron chi connectivity index (χ1n) is 5.47. The highest BCUT2D eigenvalue weighted by molar-refractivity contribution is 5.75. The number of carbonyl (C=O) groups excluding carboxylic acids is 1. The van der Waals surface area contributed by atoms with E-state index >= 15 is 0 Å². The smallest absolute Gasteiger partial charge is 0.243 e. The van der Waals surface area contributed by atoms with Crippen molar-refractivity contribution in [1.82, 2.24) is 9.78 Å². The number of anilines is 2. The number of nitrogens with two attached hydrogens (primary N) is 2. The molecule has 96 valence electrons. The highest BCUT2D eigenvalue weighted by atomic mass is 16.5. The monoisotopic (exact) mass is 241 g/mol. The van der Waals surface area contributed by atoms with Crippen LogP contribution in [-0.4, -0.2) is 35.4 Å². The molecule has 0 aromatic carbocycles. The number of rotatable bonds is 7. The van der Waals surface area contributed by atoms with E-state index in [9.17, 15) is 4.79 Å². The lowest BCUT2D eigenvalue weighted by Crippen LogP contribution is -2.21. The van der Waals surface area contributed by atoms with Gasteiger partial charge in [0.05, 0.1) is 18.0 Å². The SMILES string of the molecule is CCc1nn(C)c(NCCOCC(N)=O)c1N. The second kappa shape index (κ2) is 6.09. The van der Waals surface area contributed by atoms with Crippen LogP contribution in [0, 0.1) is 0 Å². The first-order valence-corrected chi connectivity index (χ1v) is 5.47. The van der Waals surface area contributed by atoms with Gasteiger partial charge in [-0.05, 0) is 6.42 Å². The Hall–Kier alpha value is -1.76. The molecule has 0 spiro atoms. The van der Waals surface area contributed by atoms with Gasteiger partial charge >= 0.3 is 0 Å². The van der Waals surface area contributed by atoms with Gasteiger partial charge in [0.15, 0.2) is 0 Å². The van der Waals surface area contributed by atoms with Crippen molar-refractivity contribution in [3.8, 4) is 0 Å². The fourth-order valence-electron chi connectivity index (χ4n) is 1.48. The summed E-state index contributed by atoms with van der Waals surface area (Å²) in [6.07, 6.45) is 0.791. The molecule has 0 bridgehead atoms. The minimum absolute atomic E-state index is 0.0667. The fourth-order valence-corrected chi connectivity index (χ4v) is 1.48. The van der Waals surface area contributed by atoms with Crippen LogP contribution in [0.3, 0.4) is 0 Å². The predicted molar refractivity (Wildman–Crippen MR) is 65.5 cm³/mol. The number of primary amides is 1. The van der Waals surface area contributed by atoms with E-state index in [4.69, 9.17) is 16.2 Å². The maximum atomic E-state index is 10.4. The van der Waals surface area contributed by atoms with E-state index in [0.29, 0.717) is 18.8 Å². The number of amides is 1. The zero-order valence-corrected chi connectivity index (χ0v) is 10.2. The van der Waals surface area contributed by atoms with Crippen LogP contribution in [0.15, 0.2) is 0 Å². The molecule has 1 rings (SSSR count). The van der Waals surface area contributed by atoms with Crippen molar-refractivity contribution in [3.05, 3.63) is 5.69 Å². The summed E-state index contributed by atoms with van der Waals surface area (Å²) in [5.74, 6) is 0.294. The number of hydrogen-bond acceptors (Lipinski definition) is 5. The van der Waals surface area contributed by atoms with Crippen molar-refractivity contribution in [2.24, 2.45) is 12.8 Å². The molecular weight excluding hydrogens is 222 g/mol. The number of nitrogens with one attached hydrogen (secondary N) is 1. The van der Waals surface area contributed by atoms with Crippen LogP contribution in [-0.2, 0) is 23.0 Å². The Balaban J connectivity index is 2.41. The lowest BCUT2D eigenvalue weighted by atomic mass is 10.3. The predicted octanol–water partition coefficient (Wildman–Crippen LogP) is -0.521. The van der Waals surface area contributed by atoms with Gasteiger partial charge in [0.2, 0.25) is 5.91 Å². The van der Waals surface area contributed by atoms with E-state index in [1.54, 1.807) is 4.68 Å². The minimum Gasteiger partial charge on any atom is -0.394 e. The molecule has 1 amide bonds. The summed E-state index contributed by atoms with van der Waals surface area (Å²) in [5.41, 5.74) is 12.4. The summed E-state index contributed by atoms with van der Waals surface area (Å²) >= 11 is 0. The van der Waals surface area contributed by atoms with E-state index in [0.717, 1.165) is 17.9 Å². The van der Waals surface area contributed by atoms with Crippen molar-refractivity contribution in [1.29, 1.82) is 0 Å². The third-order valence-corrected chi connectivity index (χ3v) is 2.28. The van der Waals surface area contributed by atoms with Gasteiger partial charge in [0, 0.05) is 13.6 Å². The summed E-state index contributed by atoms with van der Waals surface area (Å²) in [6.45, 7) is 2.86. The Morgan fingerprint density at radius 3 is 2.82 bits per heavy atom. The maximum absolute atomic E-state index is 10.4. The van der Waals surface area contributed by atoms with Gasteiger partial charge in [-0.3, -0.25) is 9.48 Å². The van der Waals surface area contributed by atoms with Crippen molar-refractivity contribution in [3.63, 3.8) is 0 Å². The number of ether oxygens (including phenoxy) is 1. The Kier molecular flexibility index (Phi) is 4.77. The molecule has 7 nitrogen and oxygen atoms in total. The first kappa shape index (κ1) is 13.3. The van der Waals surface area contributed by atoms with Crippen LogP contribution >= 0.6 is 0 Å². The lowest BCUT2D eigenvalue weighted by molar-refractivity contribution is -0.122. The number of aromatic nitrogens is 2. The third-order valence-electron chi connectivity index (χ3n) is 2.28. The summed E-state index contributed by atoms with van der Waals surface area (Å²) in [5, 5.41) is 7.38. The molecule has 1 aromatic rings. The van der Waals surface area contributed by atoms with Crippen LogP contribution in [0.25, 0.3) is 0 Å². The third kappa shape index (κ3) is 3.63. The van der Waals surface area contributed by atoms with Crippen molar-refractivity contribution in [2.75, 3.05) is 30.8 Å². The number of nitrogen functional groups attached to an aromatic ring is 1. The van der Waals surface area contributed by atoms with E-state index in [-0.39, 0.29) is 6.61 Å². The van der Waals surface area contributed by atoms with Crippen LogP contribution in [0.2, 0.25) is 0 Å². The van der Waals surface area contributed by atoms with Gasteiger partial charge in [0.1, 0.15) is 12.4 Å². The second-order valence-electron chi connectivity index (χ2n) is 3.63. The van der Waals surface area contributed by atoms with E-state index in [2.05, 4.69) is 10.4 Å². The zero-order chi connectivity index (χ0) is 12.8. The van der Waals surface area contributed by atoms with Gasteiger partial charge < -0.3 is 21.5 Å². The molecule has 5 N–H and O–H groups in total. The summed E-state index contributed by atoms with van der Waals surface area (Å²) < 4.78 is 6.72. The topological polar surface area (TPSA) is 108 Å². The van der Waals surface area contributed by atoms with Gasteiger partial charge in [0.25, 0.3) is 0 Å². The van der Waals surface area contributed by atoms with Crippen molar-refractivity contribution in [2.45, 2.75) is 13.3 Å². The Morgan fingerprint density at radius 2 is 2.29 bits per heavy atom. The van der Waals surface area contributed by atoms with Gasteiger partial charge in [-0.25, -0.2) is 0 Å². The molecule has 0 fully saturated rings. The summed E-state index contributed by atoms with van der Waals surface area (Å²) in [7, 11) is 1.82. The molecule has 0 atom stereocenters. The van der Waals surface area contributed by atoms with E-state index in [1.807, 2.05) is 14.0 Å². The fraction of sp³-hybridized carbons (Fsp3) is 0.600. The van der Waals surface area contributed by atoms with Gasteiger partial charge in [-0.15, -0.1) is 0 Å². The molecule has 0 unspecified atom stereocenters. The maximum Gasteiger partial charge on any atom is 0.243 e. The summed E-state index contributed by atoms with van der Waals surface area (Å²) in [4.78, 5) is 10.4. The molecule has 1 aromatic heterocycles. The number of carbonyl (C=O) groups is 1. The number of aryl methyl sites for hydroxylation is 2. The number of nitrogens with zero attached hydrogens (tertiary/aromatic N) is 2. The van der Waals surface area contributed by atoms with Crippen molar-refractivity contribution >= 4 is 17.4 Å². The Bertz CT molecular complexity index is 388. The first-order chi connectivity index (χ1) is 8.06. The molecule has 0 saturated heterocycles. The van der Waals surface area contributed by atoms with Crippen LogP contribution in [0.1, 0.15) is 12.6 Å². The molecule has 1 heterocycles. The molecule has 0 saturated carbocycles. The molecular formula is C10H19N5O2. The van der Waals surface area contributed by atoms with E-state index < -0.39 is 5.91 Å². The molecule has 0 aliphatic heterocycles. The highest BCUT2D eigenvalue weighted by Gasteiger charge is 2.10. The van der Waals surface area contributed by atoms with Crippen LogP contribution < -0.4 is 16.8 Å². The Labute approximate surface area is 100 Å². The lowest BCUT2D eigenvalue weighted by Gasteiger charge is -2.07. The molecule has 0 aliphatic carbocycles. The molecule has 17 heavy (non-hydrogen) atoms. The standard InChI is InChI=1S/C10H19N5O2/c1-3-7-9(12)10(15(2)14-7)13-4-5-17-6-8(11)16/h13H,3-6,12H2,1-2H3,(H2,11,16). The summed E-state index contributed by atoms with van der Waals surface area (Å²) in [6, 6.07) is 0. The quantitative estimate of drug-likeness (QED) is 0.556. The second-order valence-corrected chi connectivity index (χ2v) is 3.63. The average molecular weight is 241 g/mol. The van der Waals surface area contributed by atoms with Crippen molar-refractivity contribution < 1.29 is 9.53 Å². The Morgan fingerprint density at radius 1 is 1.59 bits per heavy atom. The zero-order valence-electron chi connectivity index (χ0n) is 10.2. The number of hydrogen-bond donors (Lipinski definition) is 3. The van der Waals surface area contributed by atoms with Gasteiger partial charge in [-0.2, -0.15) is 5.10 Å². The van der Waals surface area contributed by atoms with Crippen LogP contribution in [0.5, 0.6) is 0 Å².